The smallest absolute Gasteiger partial charge is 0.251 e. The third-order valence-electron chi connectivity index (χ3n) is 4.25. The highest BCUT2D eigenvalue weighted by atomic mass is 32.2. The van der Waals surface area contributed by atoms with Crippen LogP contribution < -0.4 is 9.62 Å². The van der Waals surface area contributed by atoms with E-state index < -0.39 is 10.0 Å². The third-order valence-corrected chi connectivity index (χ3v) is 5.52. The Morgan fingerprint density at radius 2 is 2.00 bits per heavy atom. The van der Waals surface area contributed by atoms with Crippen LogP contribution in [0.25, 0.3) is 0 Å². The number of nitrogens with zero attached hydrogens (tertiary/aromatic N) is 1. The summed E-state index contributed by atoms with van der Waals surface area (Å²) in [5, 5.41) is 2.69. The number of carbonyl (C=O) groups is 1. The van der Waals surface area contributed by atoms with Gasteiger partial charge in [-0.2, -0.15) is 0 Å². The fourth-order valence-corrected chi connectivity index (χ4v) is 4.43. The first-order valence-electron chi connectivity index (χ1n) is 7.91. The van der Waals surface area contributed by atoms with E-state index in [1.165, 1.54) is 16.6 Å². The van der Waals surface area contributed by atoms with Gasteiger partial charge in [-0.05, 0) is 43.2 Å². The van der Waals surface area contributed by atoms with E-state index >= 15 is 0 Å². The highest BCUT2D eigenvalue weighted by Crippen LogP contribution is 2.34. The molecule has 25 heavy (non-hydrogen) atoms. The maximum absolute atomic E-state index is 13.6. The molecule has 1 atom stereocenters. The molecule has 7 heteroatoms. The van der Waals surface area contributed by atoms with Crippen LogP contribution in [-0.2, 0) is 23.0 Å². The Morgan fingerprint density at radius 3 is 2.68 bits per heavy atom. The number of halogens is 1. The van der Waals surface area contributed by atoms with E-state index in [1.54, 1.807) is 36.4 Å². The van der Waals surface area contributed by atoms with Crippen molar-refractivity contribution in [1.29, 1.82) is 0 Å². The van der Waals surface area contributed by atoms with Crippen LogP contribution in [0.4, 0.5) is 10.1 Å². The molecule has 0 spiro atoms. The molecule has 1 aliphatic rings. The molecule has 132 valence electrons. The summed E-state index contributed by atoms with van der Waals surface area (Å²) >= 11 is 0. The zero-order valence-electron chi connectivity index (χ0n) is 14.0. The van der Waals surface area contributed by atoms with Crippen molar-refractivity contribution >= 4 is 21.6 Å². The van der Waals surface area contributed by atoms with Crippen LogP contribution >= 0.6 is 0 Å². The van der Waals surface area contributed by atoms with Crippen molar-refractivity contribution in [2.45, 2.75) is 25.9 Å². The van der Waals surface area contributed by atoms with Gasteiger partial charge in [-0.3, -0.25) is 9.10 Å². The maximum Gasteiger partial charge on any atom is 0.251 e. The number of amides is 1. The van der Waals surface area contributed by atoms with Crippen LogP contribution in [0.3, 0.4) is 0 Å². The van der Waals surface area contributed by atoms with Crippen molar-refractivity contribution in [3.63, 3.8) is 0 Å². The molecular formula is C18H19FN2O3S. The van der Waals surface area contributed by atoms with Gasteiger partial charge in [-0.25, -0.2) is 12.8 Å². The van der Waals surface area contributed by atoms with Crippen molar-refractivity contribution in [2.24, 2.45) is 0 Å². The zero-order chi connectivity index (χ0) is 18.2. The lowest BCUT2D eigenvalue weighted by molar-refractivity contribution is 0.0950. The fourth-order valence-electron chi connectivity index (χ4n) is 3.17. The number of anilines is 1. The van der Waals surface area contributed by atoms with E-state index in [0.29, 0.717) is 23.2 Å². The number of nitrogens with one attached hydrogen (secondary N) is 1. The summed E-state index contributed by atoms with van der Waals surface area (Å²) in [6.45, 7) is 1.92. The second-order valence-corrected chi connectivity index (χ2v) is 8.09. The molecule has 0 unspecified atom stereocenters. The molecule has 2 aromatic rings. The van der Waals surface area contributed by atoms with Crippen LogP contribution in [0.5, 0.6) is 0 Å². The van der Waals surface area contributed by atoms with Crippen LogP contribution in [-0.4, -0.2) is 26.6 Å². The van der Waals surface area contributed by atoms with Gasteiger partial charge in [0, 0.05) is 23.7 Å². The molecule has 0 saturated carbocycles. The first-order chi connectivity index (χ1) is 11.8. The summed E-state index contributed by atoms with van der Waals surface area (Å²) in [4.78, 5) is 12.3. The zero-order valence-corrected chi connectivity index (χ0v) is 14.8. The minimum absolute atomic E-state index is 0.0917. The third kappa shape index (κ3) is 3.51. The number of carbonyl (C=O) groups excluding carboxylic acids is 1. The SMILES string of the molecule is C[C@@H]1Cc2cc(C(=O)NCc3ccccc3F)ccc2N1S(C)(=O)=O. The van der Waals surface area contributed by atoms with Gasteiger partial charge in [0.2, 0.25) is 10.0 Å². The maximum atomic E-state index is 13.6. The van der Waals surface area contributed by atoms with Crippen molar-refractivity contribution < 1.29 is 17.6 Å². The average molecular weight is 362 g/mol. The minimum atomic E-state index is -3.36. The second kappa shape index (κ2) is 6.48. The second-order valence-electron chi connectivity index (χ2n) is 6.23. The largest absolute Gasteiger partial charge is 0.348 e. The predicted molar refractivity (Wildman–Crippen MR) is 94.5 cm³/mol. The van der Waals surface area contributed by atoms with Gasteiger partial charge >= 0.3 is 0 Å². The van der Waals surface area contributed by atoms with Gasteiger partial charge in [0.05, 0.1) is 11.9 Å². The monoisotopic (exact) mass is 362 g/mol. The molecule has 1 aliphatic heterocycles. The fraction of sp³-hybridized carbons (Fsp3) is 0.278. The van der Waals surface area contributed by atoms with Crippen molar-refractivity contribution in [2.75, 3.05) is 10.6 Å². The van der Waals surface area contributed by atoms with Gasteiger partial charge in [-0.15, -0.1) is 0 Å². The van der Waals surface area contributed by atoms with Crippen molar-refractivity contribution in [1.82, 2.24) is 5.32 Å². The van der Waals surface area contributed by atoms with Gasteiger partial charge in [0.1, 0.15) is 5.82 Å². The number of benzene rings is 2. The number of rotatable bonds is 4. The first kappa shape index (κ1) is 17.4. The van der Waals surface area contributed by atoms with E-state index in [1.807, 2.05) is 6.92 Å². The molecule has 0 saturated heterocycles. The van der Waals surface area contributed by atoms with Crippen LogP contribution in [0.15, 0.2) is 42.5 Å². The summed E-state index contributed by atoms with van der Waals surface area (Å²) in [5.74, 6) is -0.689. The Labute approximate surface area is 146 Å². The number of fused-ring (bicyclic) bond motifs is 1. The minimum Gasteiger partial charge on any atom is -0.348 e. The molecule has 1 amide bonds. The predicted octanol–water partition coefficient (Wildman–Crippen LogP) is 2.47. The Kier molecular flexibility index (Phi) is 4.51. The van der Waals surface area contributed by atoms with E-state index in [-0.39, 0.29) is 24.3 Å². The summed E-state index contributed by atoms with van der Waals surface area (Å²) in [7, 11) is -3.36. The Balaban J connectivity index is 1.78. The van der Waals surface area contributed by atoms with Crippen molar-refractivity contribution in [3.05, 3.63) is 65.0 Å². The molecule has 3 rings (SSSR count). The number of hydrogen-bond donors (Lipinski definition) is 1. The lowest BCUT2D eigenvalue weighted by Crippen LogP contribution is -2.34. The van der Waals surface area contributed by atoms with E-state index in [0.717, 1.165) is 5.56 Å². The molecule has 0 fully saturated rings. The molecule has 1 N–H and O–H groups in total. The van der Waals surface area contributed by atoms with Gasteiger partial charge in [-0.1, -0.05) is 18.2 Å². The van der Waals surface area contributed by atoms with Crippen LogP contribution in [0, 0.1) is 5.82 Å². The quantitative estimate of drug-likeness (QED) is 0.909. The Morgan fingerprint density at radius 1 is 1.28 bits per heavy atom. The van der Waals surface area contributed by atoms with E-state index in [2.05, 4.69) is 5.32 Å². The lowest BCUT2D eigenvalue weighted by atomic mass is 10.1. The normalized spacial score (nSPS) is 16.6. The van der Waals surface area contributed by atoms with Gasteiger partial charge in [0.15, 0.2) is 0 Å². The molecule has 0 aliphatic carbocycles. The van der Waals surface area contributed by atoms with Crippen LogP contribution in [0.2, 0.25) is 0 Å². The van der Waals surface area contributed by atoms with Crippen LogP contribution in [0.1, 0.15) is 28.4 Å². The number of sulfonamides is 1. The summed E-state index contributed by atoms with van der Waals surface area (Å²) in [6.07, 6.45) is 1.73. The molecule has 2 aromatic carbocycles. The summed E-state index contributed by atoms with van der Waals surface area (Å²) in [6, 6.07) is 11.0. The summed E-state index contributed by atoms with van der Waals surface area (Å²) in [5.41, 5.74) is 2.27. The van der Waals surface area contributed by atoms with E-state index in [9.17, 15) is 17.6 Å². The lowest BCUT2D eigenvalue weighted by Gasteiger charge is -2.21. The average Bonchev–Trinajstić information content (AvgIpc) is 2.88. The highest BCUT2D eigenvalue weighted by Gasteiger charge is 2.32. The Bertz CT molecular complexity index is 928. The first-order valence-corrected chi connectivity index (χ1v) is 9.76. The van der Waals surface area contributed by atoms with Gasteiger partial charge < -0.3 is 5.32 Å². The van der Waals surface area contributed by atoms with E-state index in [4.69, 9.17) is 0 Å². The summed E-state index contributed by atoms with van der Waals surface area (Å²) < 4.78 is 38.8. The standard InChI is InChI=1S/C18H19FN2O3S/c1-12-9-15-10-13(7-8-17(15)21(12)25(2,23)24)18(22)20-11-14-5-3-4-6-16(14)19/h3-8,10,12H,9,11H2,1-2H3,(H,20,22)/t12-/m1/s1. The van der Waals surface area contributed by atoms with Gasteiger partial charge in [0.25, 0.3) is 5.91 Å². The molecule has 5 nitrogen and oxygen atoms in total. The topological polar surface area (TPSA) is 66.5 Å². The molecule has 1 heterocycles. The molecular weight excluding hydrogens is 343 g/mol. The Hall–Kier alpha value is -2.41. The molecule has 0 radical (unpaired) electrons. The molecule has 0 bridgehead atoms. The number of hydrogen-bond acceptors (Lipinski definition) is 3. The van der Waals surface area contributed by atoms with Crippen molar-refractivity contribution in [3.8, 4) is 0 Å². The molecule has 0 aromatic heterocycles. The highest BCUT2D eigenvalue weighted by molar-refractivity contribution is 7.92.